The first kappa shape index (κ1) is 12.5. The Morgan fingerprint density at radius 1 is 1.62 bits per heavy atom. The molecule has 0 heterocycles. The molecular formula is C11H11BrN2O2. The molecule has 1 aromatic carbocycles. The van der Waals surface area contributed by atoms with Crippen LogP contribution in [0.2, 0.25) is 0 Å². The maximum Gasteiger partial charge on any atom is 0.307 e. The van der Waals surface area contributed by atoms with E-state index in [0.29, 0.717) is 17.8 Å². The minimum atomic E-state index is -0.277. The number of nitrogens with zero attached hydrogens (tertiary/aromatic N) is 1. The smallest absolute Gasteiger partial charge is 0.307 e. The molecule has 0 amide bonds. The first-order valence-electron chi connectivity index (χ1n) is 4.67. The summed E-state index contributed by atoms with van der Waals surface area (Å²) in [5, 5.41) is 11.9. The Labute approximate surface area is 102 Å². The lowest BCUT2D eigenvalue weighted by atomic mass is 10.2. The molecule has 0 unspecified atom stereocenters. The van der Waals surface area contributed by atoms with Crippen molar-refractivity contribution in [3.05, 3.63) is 28.2 Å². The molecule has 84 valence electrons. The SMILES string of the molecule is COC(=O)CCNc1cc(Br)ccc1C#N. The summed E-state index contributed by atoms with van der Waals surface area (Å²) in [5.41, 5.74) is 1.26. The quantitative estimate of drug-likeness (QED) is 0.861. The van der Waals surface area contributed by atoms with E-state index in [4.69, 9.17) is 5.26 Å². The van der Waals surface area contributed by atoms with Gasteiger partial charge in [0.05, 0.1) is 24.8 Å². The first-order valence-corrected chi connectivity index (χ1v) is 5.47. The van der Waals surface area contributed by atoms with Gasteiger partial charge in [-0.2, -0.15) is 5.26 Å². The Morgan fingerprint density at radius 3 is 3.00 bits per heavy atom. The molecule has 1 N–H and O–H groups in total. The van der Waals surface area contributed by atoms with Crippen LogP contribution in [0.5, 0.6) is 0 Å². The van der Waals surface area contributed by atoms with Gasteiger partial charge in [-0.15, -0.1) is 0 Å². The summed E-state index contributed by atoms with van der Waals surface area (Å²) in [4.78, 5) is 10.9. The standard InChI is InChI=1S/C11H11BrN2O2/c1-16-11(15)4-5-14-10-6-9(12)3-2-8(10)7-13/h2-3,6,14H,4-5H2,1H3. The first-order chi connectivity index (χ1) is 7.67. The number of rotatable bonds is 4. The van der Waals surface area contributed by atoms with Crippen molar-refractivity contribution < 1.29 is 9.53 Å². The number of carbonyl (C=O) groups is 1. The van der Waals surface area contributed by atoms with Crippen LogP contribution in [0.1, 0.15) is 12.0 Å². The minimum Gasteiger partial charge on any atom is -0.469 e. The highest BCUT2D eigenvalue weighted by Gasteiger charge is 2.04. The monoisotopic (exact) mass is 282 g/mol. The maximum atomic E-state index is 10.9. The topological polar surface area (TPSA) is 62.1 Å². The summed E-state index contributed by atoms with van der Waals surface area (Å²) in [6.07, 6.45) is 0.272. The second-order valence-corrected chi connectivity index (χ2v) is 3.97. The number of halogens is 1. The Kier molecular flexibility index (Phi) is 4.80. The Balaban J connectivity index is 2.63. The number of carbonyl (C=O) groups excluding carboxylic acids is 1. The molecule has 0 aromatic heterocycles. The van der Waals surface area contributed by atoms with Crippen LogP contribution in [0.4, 0.5) is 5.69 Å². The van der Waals surface area contributed by atoms with E-state index in [1.165, 1.54) is 7.11 Å². The maximum absolute atomic E-state index is 10.9. The summed E-state index contributed by atoms with van der Waals surface area (Å²) < 4.78 is 5.40. The van der Waals surface area contributed by atoms with Crippen LogP contribution in [0.25, 0.3) is 0 Å². The number of esters is 1. The Bertz CT molecular complexity index is 426. The van der Waals surface area contributed by atoms with Crippen LogP contribution in [-0.2, 0) is 9.53 Å². The van der Waals surface area contributed by atoms with Gasteiger partial charge in [0, 0.05) is 11.0 Å². The number of benzene rings is 1. The van der Waals surface area contributed by atoms with Crippen LogP contribution >= 0.6 is 15.9 Å². The van der Waals surface area contributed by atoms with Crippen molar-refractivity contribution in [1.82, 2.24) is 0 Å². The summed E-state index contributed by atoms with van der Waals surface area (Å²) in [7, 11) is 1.35. The largest absolute Gasteiger partial charge is 0.469 e. The summed E-state index contributed by atoms with van der Waals surface area (Å²) >= 11 is 3.32. The molecule has 5 heteroatoms. The number of ether oxygens (including phenoxy) is 1. The fraction of sp³-hybridized carbons (Fsp3) is 0.273. The summed E-state index contributed by atoms with van der Waals surface area (Å²) in [6, 6.07) is 7.39. The van der Waals surface area contributed by atoms with Gasteiger partial charge in [0.2, 0.25) is 0 Å². The van der Waals surface area contributed by atoms with Gasteiger partial charge in [-0.1, -0.05) is 15.9 Å². The highest BCUT2D eigenvalue weighted by Crippen LogP contribution is 2.20. The number of nitriles is 1. The van der Waals surface area contributed by atoms with E-state index in [1.807, 2.05) is 0 Å². The number of hydrogen-bond donors (Lipinski definition) is 1. The highest BCUT2D eigenvalue weighted by atomic mass is 79.9. The lowest BCUT2D eigenvalue weighted by Gasteiger charge is -2.07. The molecule has 1 aromatic rings. The van der Waals surface area contributed by atoms with E-state index >= 15 is 0 Å². The van der Waals surface area contributed by atoms with E-state index in [1.54, 1.807) is 18.2 Å². The lowest BCUT2D eigenvalue weighted by molar-refractivity contribution is -0.140. The molecule has 0 saturated carbocycles. The van der Waals surface area contributed by atoms with Crippen molar-refractivity contribution in [2.24, 2.45) is 0 Å². The van der Waals surface area contributed by atoms with Gasteiger partial charge in [-0.05, 0) is 18.2 Å². The minimum absolute atomic E-state index is 0.272. The lowest BCUT2D eigenvalue weighted by Crippen LogP contribution is -2.10. The summed E-state index contributed by atoms with van der Waals surface area (Å²) in [5.74, 6) is -0.277. The molecule has 0 radical (unpaired) electrons. The van der Waals surface area contributed by atoms with Gasteiger partial charge < -0.3 is 10.1 Å². The van der Waals surface area contributed by atoms with Gasteiger partial charge >= 0.3 is 5.97 Å². The molecule has 0 fully saturated rings. The highest BCUT2D eigenvalue weighted by molar-refractivity contribution is 9.10. The zero-order chi connectivity index (χ0) is 12.0. The average Bonchev–Trinajstić information content (AvgIpc) is 2.29. The molecule has 0 atom stereocenters. The van der Waals surface area contributed by atoms with E-state index in [-0.39, 0.29) is 12.4 Å². The normalized spacial score (nSPS) is 9.31. The second kappa shape index (κ2) is 6.13. The van der Waals surface area contributed by atoms with Crippen LogP contribution in [0.3, 0.4) is 0 Å². The van der Waals surface area contributed by atoms with E-state index < -0.39 is 0 Å². The van der Waals surface area contributed by atoms with Crippen molar-refractivity contribution in [3.8, 4) is 6.07 Å². The summed E-state index contributed by atoms with van der Waals surface area (Å²) in [6.45, 7) is 0.442. The predicted octanol–water partition coefficient (Wildman–Crippen LogP) is 2.30. The number of hydrogen-bond acceptors (Lipinski definition) is 4. The number of anilines is 1. The van der Waals surface area contributed by atoms with Crippen molar-refractivity contribution in [2.75, 3.05) is 19.0 Å². The third-order valence-corrected chi connectivity index (χ3v) is 2.47. The van der Waals surface area contributed by atoms with Crippen molar-refractivity contribution in [1.29, 1.82) is 5.26 Å². The third kappa shape index (κ3) is 3.55. The molecule has 4 nitrogen and oxygen atoms in total. The van der Waals surface area contributed by atoms with Gasteiger partial charge in [0.15, 0.2) is 0 Å². The molecule has 0 bridgehead atoms. The van der Waals surface area contributed by atoms with E-state index in [0.717, 1.165) is 4.47 Å². The van der Waals surface area contributed by atoms with E-state index in [9.17, 15) is 4.79 Å². The number of methoxy groups -OCH3 is 1. The molecular weight excluding hydrogens is 272 g/mol. The average molecular weight is 283 g/mol. The van der Waals surface area contributed by atoms with Crippen molar-refractivity contribution >= 4 is 27.6 Å². The fourth-order valence-electron chi connectivity index (χ4n) is 1.16. The molecule has 0 spiro atoms. The van der Waals surface area contributed by atoms with Gasteiger partial charge in [0.25, 0.3) is 0 Å². The van der Waals surface area contributed by atoms with Crippen molar-refractivity contribution in [3.63, 3.8) is 0 Å². The van der Waals surface area contributed by atoms with Gasteiger partial charge in [-0.3, -0.25) is 4.79 Å². The van der Waals surface area contributed by atoms with Gasteiger partial charge in [-0.25, -0.2) is 0 Å². The molecule has 0 aliphatic rings. The van der Waals surface area contributed by atoms with Crippen LogP contribution < -0.4 is 5.32 Å². The Hall–Kier alpha value is -1.54. The molecule has 0 saturated heterocycles. The molecule has 16 heavy (non-hydrogen) atoms. The van der Waals surface area contributed by atoms with Crippen LogP contribution in [-0.4, -0.2) is 19.6 Å². The number of nitrogens with one attached hydrogen (secondary N) is 1. The molecule has 0 aliphatic carbocycles. The molecule has 0 aliphatic heterocycles. The third-order valence-electron chi connectivity index (χ3n) is 1.97. The molecule has 1 rings (SSSR count). The Morgan fingerprint density at radius 2 is 2.38 bits per heavy atom. The zero-order valence-corrected chi connectivity index (χ0v) is 10.4. The van der Waals surface area contributed by atoms with Gasteiger partial charge in [0.1, 0.15) is 6.07 Å². The zero-order valence-electron chi connectivity index (χ0n) is 8.79. The van der Waals surface area contributed by atoms with Crippen LogP contribution in [0.15, 0.2) is 22.7 Å². The fourth-order valence-corrected chi connectivity index (χ4v) is 1.52. The van der Waals surface area contributed by atoms with Crippen LogP contribution in [0, 0.1) is 11.3 Å². The van der Waals surface area contributed by atoms with Crippen molar-refractivity contribution in [2.45, 2.75) is 6.42 Å². The van der Waals surface area contributed by atoms with E-state index in [2.05, 4.69) is 32.1 Å². The second-order valence-electron chi connectivity index (χ2n) is 3.05. The predicted molar refractivity (Wildman–Crippen MR) is 64.0 cm³/mol.